The first kappa shape index (κ1) is 22.3. The molecule has 1 aliphatic heterocycles. The van der Waals surface area contributed by atoms with E-state index in [1.165, 1.54) is 12.4 Å². The summed E-state index contributed by atoms with van der Waals surface area (Å²) in [7, 11) is -4.06. The first-order valence-electron chi connectivity index (χ1n) is 10.8. The van der Waals surface area contributed by atoms with Gasteiger partial charge in [-0.2, -0.15) is 4.37 Å². The van der Waals surface area contributed by atoms with E-state index in [4.69, 9.17) is 0 Å². The number of sulfonamides is 1. The molecule has 7 nitrogen and oxygen atoms in total. The van der Waals surface area contributed by atoms with Crippen molar-refractivity contribution in [1.29, 1.82) is 0 Å². The standard InChI is InChI=1S/C22H23F2N5O2S2/c23-22(24)9-8-20(29-11-2-1-5-19(29)15-4-3-10-25-13-15)17-7-6-16(12-18(17)22)33(30,31)28-21-26-14-27-32-21/h3-4,6-7,10,12-14,19-20H,1-2,5,8-9,11H2,(H,26,27,28)/t19-,20-/m0/s1. The van der Waals surface area contributed by atoms with Crippen molar-refractivity contribution in [3.63, 3.8) is 0 Å². The minimum Gasteiger partial charge on any atom is -0.289 e. The van der Waals surface area contributed by atoms with Gasteiger partial charge in [0.2, 0.25) is 5.13 Å². The summed E-state index contributed by atoms with van der Waals surface area (Å²) < 4.78 is 61.7. The van der Waals surface area contributed by atoms with Gasteiger partial charge in [-0.25, -0.2) is 22.2 Å². The molecule has 0 saturated carbocycles. The Morgan fingerprint density at radius 1 is 1.15 bits per heavy atom. The molecule has 1 aromatic carbocycles. The van der Waals surface area contributed by atoms with Gasteiger partial charge in [0, 0.05) is 48.0 Å². The highest BCUT2D eigenvalue weighted by Gasteiger charge is 2.44. The van der Waals surface area contributed by atoms with E-state index >= 15 is 8.78 Å². The van der Waals surface area contributed by atoms with Crippen LogP contribution in [0.4, 0.5) is 13.9 Å². The molecule has 2 atom stereocenters. The number of nitrogens with one attached hydrogen (secondary N) is 1. The van der Waals surface area contributed by atoms with Crippen molar-refractivity contribution in [2.24, 2.45) is 0 Å². The Bertz CT molecular complexity index is 1220. The average molecular weight is 492 g/mol. The topological polar surface area (TPSA) is 88.1 Å². The van der Waals surface area contributed by atoms with E-state index in [1.54, 1.807) is 12.3 Å². The number of hydrogen-bond donors (Lipinski definition) is 1. The van der Waals surface area contributed by atoms with Crippen LogP contribution in [-0.4, -0.2) is 34.2 Å². The largest absolute Gasteiger partial charge is 0.289 e. The Labute approximate surface area is 195 Å². The monoisotopic (exact) mass is 491 g/mol. The molecule has 1 fully saturated rings. The molecule has 174 valence electrons. The lowest BCUT2D eigenvalue weighted by atomic mass is 9.82. The van der Waals surface area contributed by atoms with Crippen molar-refractivity contribution in [2.45, 2.75) is 55.0 Å². The van der Waals surface area contributed by atoms with Crippen molar-refractivity contribution in [1.82, 2.24) is 19.2 Å². The summed E-state index contributed by atoms with van der Waals surface area (Å²) in [5.41, 5.74) is 1.36. The molecular weight excluding hydrogens is 468 g/mol. The molecule has 2 aliphatic rings. The minimum atomic E-state index is -4.06. The second kappa shape index (κ2) is 8.69. The zero-order valence-corrected chi connectivity index (χ0v) is 19.3. The lowest BCUT2D eigenvalue weighted by Crippen LogP contribution is -2.40. The minimum absolute atomic E-state index is 0.0880. The van der Waals surface area contributed by atoms with E-state index in [0.717, 1.165) is 49.0 Å². The third kappa shape index (κ3) is 4.36. The Morgan fingerprint density at radius 2 is 2.03 bits per heavy atom. The zero-order chi connectivity index (χ0) is 23.1. The van der Waals surface area contributed by atoms with E-state index in [2.05, 4.69) is 24.0 Å². The fourth-order valence-electron chi connectivity index (χ4n) is 4.91. The summed E-state index contributed by atoms with van der Waals surface area (Å²) in [6, 6.07) is 7.89. The molecule has 1 saturated heterocycles. The molecular formula is C22H23F2N5O2S2. The highest BCUT2D eigenvalue weighted by atomic mass is 32.2. The summed E-state index contributed by atoms with van der Waals surface area (Å²) in [4.78, 5) is 10.1. The molecule has 0 amide bonds. The van der Waals surface area contributed by atoms with Crippen LogP contribution in [0.25, 0.3) is 0 Å². The number of alkyl halides is 2. The van der Waals surface area contributed by atoms with E-state index in [1.807, 2.05) is 18.3 Å². The molecule has 0 spiro atoms. The second-order valence-electron chi connectivity index (χ2n) is 8.40. The molecule has 0 unspecified atom stereocenters. The van der Waals surface area contributed by atoms with Gasteiger partial charge in [-0.3, -0.25) is 14.6 Å². The normalized spacial score (nSPS) is 23.1. The third-order valence-corrected chi connectivity index (χ3v) is 8.46. The molecule has 5 rings (SSSR count). The Hall–Kier alpha value is -2.50. The fourth-order valence-corrected chi connectivity index (χ4v) is 6.60. The lowest BCUT2D eigenvalue weighted by molar-refractivity contribution is -0.0422. The number of likely N-dealkylation sites (tertiary alicyclic amines) is 1. The number of nitrogens with zero attached hydrogens (tertiary/aromatic N) is 4. The Balaban J connectivity index is 1.52. The third-order valence-electron chi connectivity index (χ3n) is 6.42. The van der Waals surface area contributed by atoms with Gasteiger partial charge in [-0.1, -0.05) is 18.6 Å². The van der Waals surface area contributed by atoms with Crippen LogP contribution < -0.4 is 4.72 Å². The van der Waals surface area contributed by atoms with Crippen LogP contribution in [0.15, 0.2) is 53.9 Å². The van der Waals surface area contributed by atoms with Crippen molar-refractivity contribution in [2.75, 3.05) is 11.3 Å². The smallest absolute Gasteiger partial charge is 0.273 e. The Morgan fingerprint density at radius 3 is 2.79 bits per heavy atom. The van der Waals surface area contributed by atoms with Gasteiger partial charge in [0.1, 0.15) is 6.33 Å². The van der Waals surface area contributed by atoms with Gasteiger partial charge in [0.25, 0.3) is 15.9 Å². The van der Waals surface area contributed by atoms with Crippen molar-refractivity contribution < 1.29 is 17.2 Å². The van der Waals surface area contributed by atoms with Crippen LogP contribution >= 0.6 is 11.5 Å². The first-order valence-corrected chi connectivity index (χ1v) is 13.1. The number of anilines is 1. The van der Waals surface area contributed by atoms with Gasteiger partial charge < -0.3 is 0 Å². The van der Waals surface area contributed by atoms with Gasteiger partial charge in [0.15, 0.2) is 0 Å². The predicted molar refractivity (Wildman–Crippen MR) is 121 cm³/mol. The van der Waals surface area contributed by atoms with Crippen LogP contribution in [0, 0.1) is 0 Å². The Kier molecular flexibility index (Phi) is 5.87. The average Bonchev–Trinajstić information content (AvgIpc) is 3.32. The summed E-state index contributed by atoms with van der Waals surface area (Å²) in [6.07, 6.45) is 7.79. The van der Waals surface area contributed by atoms with Gasteiger partial charge in [0.05, 0.1) is 4.90 Å². The number of benzene rings is 1. The van der Waals surface area contributed by atoms with Gasteiger partial charge in [-0.15, -0.1) is 0 Å². The van der Waals surface area contributed by atoms with Crippen LogP contribution in [0.3, 0.4) is 0 Å². The number of piperidine rings is 1. The van der Waals surface area contributed by atoms with Gasteiger partial charge in [-0.05, 0) is 55.1 Å². The first-order chi connectivity index (χ1) is 15.9. The molecule has 0 bridgehead atoms. The maximum atomic E-state index is 15.0. The number of pyridine rings is 1. The maximum absolute atomic E-state index is 15.0. The maximum Gasteiger partial charge on any atom is 0.273 e. The summed E-state index contributed by atoms with van der Waals surface area (Å²) in [6.45, 7) is 0.799. The van der Waals surface area contributed by atoms with Crippen LogP contribution in [-0.2, 0) is 15.9 Å². The molecule has 33 heavy (non-hydrogen) atoms. The van der Waals surface area contributed by atoms with Gasteiger partial charge >= 0.3 is 0 Å². The number of fused-ring (bicyclic) bond motifs is 1. The number of aromatic nitrogens is 3. The van der Waals surface area contributed by atoms with Crippen LogP contribution in [0.5, 0.6) is 0 Å². The molecule has 1 N–H and O–H groups in total. The summed E-state index contributed by atoms with van der Waals surface area (Å²) >= 11 is 0.879. The molecule has 3 heterocycles. The van der Waals surface area contributed by atoms with E-state index in [9.17, 15) is 8.42 Å². The molecule has 11 heteroatoms. The predicted octanol–water partition coefficient (Wildman–Crippen LogP) is 4.89. The van der Waals surface area contributed by atoms with E-state index in [-0.39, 0.29) is 34.1 Å². The highest BCUT2D eigenvalue weighted by Crippen LogP contribution is 2.49. The lowest BCUT2D eigenvalue weighted by Gasteiger charge is -2.45. The van der Waals surface area contributed by atoms with Crippen molar-refractivity contribution in [3.8, 4) is 0 Å². The van der Waals surface area contributed by atoms with Crippen molar-refractivity contribution in [3.05, 3.63) is 65.7 Å². The molecule has 0 radical (unpaired) electrons. The molecule has 3 aromatic rings. The highest BCUT2D eigenvalue weighted by molar-refractivity contribution is 7.93. The quantitative estimate of drug-likeness (QED) is 0.547. The molecule has 2 aromatic heterocycles. The number of rotatable bonds is 5. The zero-order valence-electron chi connectivity index (χ0n) is 17.7. The van der Waals surface area contributed by atoms with E-state index < -0.39 is 15.9 Å². The number of halogens is 2. The summed E-state index contributed by atoms with van der Waals surface area (Å²) in [5, 5.41) is 0.0880. The fraction of sp³-hybridized carbons (Fsp3) is 0.409. The second-order valence-corrected chi connectivity index (χ2v) is 10.9. The van der Waals surface area contributed by atoms with Crippen molar-refractivity contribution >= 4 is 26.7 Å². The summed E-state index contributed by atoms with van der Waals surface area (Å²) in [5.74, 6) is -3.10. The number of hydrogen-bond acceptors (Lipinski definition) is 7. The van der Waals surface area contributed by atoms with E-state index in [0.29, 0.717) is 12.0 Å². The van der Waals surface area contributed by atoms with Crippen LogP contribution in [0.2, 0.25) is 0 Å². The van der Waals surface area contributed by atoms with Crippen LogP contribution in [0.1, 0.15) is 60.9 Å². The molecule has 1 aliphatic carbocycles. The SMILES string of the molecule is O=S(=O)(Nc1ncns1)c1ccc2c(c1)C(F)(F)CC[C@@H]2N1CCCC[C@H]1c1cccnc1.